The molecule has 0 spiro atoms. The maximum Gasteiger partial charge on any atom is 0.0420 e. The van der Waals surface area contributed by atoms with E-state index in [4.69, 9.17) is 11.6 Å². The zero-order valence-electron chi connectivity index (χ0n) is 6.53. The minimum absolute atomic E-state index is 0.965. The van der Waals surface area contributed by atoms with Gasteiger partial charge < -0.3 is 0 Å². The fourth-order valence-corrected chi connectivity index (χ4v) is 1.67. The number of hydrogen-bond donors (Lipinski definition) is 0. The lowest BCUT2D eigenvalue weighted by atomic mass is 10.1. The highest BCUT2D eigenvalue weighted by Crippen LogP contribution is 2.14. The second-order valence-electron chi connectivity index (χ2n) is 2.64. The van der Waals surface area contributed by atoms with E-state index < -0.39 is 0 Å². The van der Waals surface area contributed by atoms with Gasteiger partial charge in [-0.2, -0.15) is 0 Å². The van der Waals surface area contributed by atoms with E-state index in [-0.39, 0.29) is 0 Å². The van der Waals surface area contributed by atoms with Gasteiger partial charge in [0.15, 0.2) is 0 Å². The fraction of sp³-hybridized carbons (Fsp3) is 0.250. The lowest BCUT2D eigenvalue weighted by molar-refractivity contribution is 1.35. The van der Waals surface area contributed by atoms with E-state index in [1.54, 1.807) is 0 Å². The maximum absolute atomic E-state index is 6.02. The Balaban J connectivity index is 3.34. The molecular formula is C8H11ClSi. The van der Waals surface area contributed by atoms with E-state index in [1.165, 1.54) is 16.3 Å². The summed E-state index contributed by atoms with van der Waals surface area (Å²) in [7, 11) is 1.04. The third kappa shape index (κ3) is 1.25. The van der Waals surface area contributed by atoms with E-state index in [1.807, 2.05) is 0 Å². The molecule has 0 saturated heterocycles. The van der Waals surface area contributed by atoms with Crippen molar-refractivity contribution >= 4 is 27.0 Å². The van der Waals surface area contributed by atoms with Crippen LogP contribution in [0.3, 0.4) is 0 Å². The van der Waals surface area contributed by atoms with Gasteiger partial charge in [-0.15, -0.1) is 0 Å². The third-order valence-corrected chi connectivity index (χ3v) is 3.58. The standard InChI is InChI=1S/C8H11ClSi/c1-5-3-4-7(10)8(9)6(5)2/h3-4H,1-2,10H3. The zero-order chi connectivity index (χ0) is 7.72. The van der Waals surface area contributed by atoms with E-state index in [2.05, 4.69) is 26.0 Å². The van der Waals surface area contributed by atoms with Crippen LogP contribution in [-0.4, -0.2) is 10.2 Å². The molecule has 0 fully saturated rings. The molecule has 2 heteroatoms. The van der Waals surface area contributed by atoms with Crippen LogP contribution in [0.1, 0.15) is 11.1 Å². The molecule has 1 aromatic carbocycles. The normalized spacial score (nSPS) is 10.3. The maximum atomic E-state index is 6.02. The molecule has 0 atom stereocenters. The summed E-state index contributed by atoms with van der Waals surface area (Å²) in [5, 5.41) is 2.26. The fourth-order valence-electron chi connectivity index (χ4n) is 0.917. The van der Waals surface area contributed by atoms with Gasteiger partial charge in [-0.25, -0.2) is 0 Å². The lowest BCUT2D eigenvalue weighted by Gasteiger charge is -2.04. The average molecular weight is 171 g/mol. The Labute approximate surface area is 69.6 Å². The van der Waals surface area contributed by atoms with Crippen molar-refractivity contribution in [2.75, 3.05) is 0 Å². The first kappa shape index (κ1) is 7.83. The van der Waals surface area contributed by atoms with Crippen LogP contribution in [-0.2, 0) is 0 Å². The first-order chi connectivity index (χ1) is 4.63. The molecule has 0 amide bonds. The second kappa shape index (κ2) is 2.77. The highest BCUT2D eigenvalue weighted by Gasteiger charge is 1.99. The Morgan fingerprint density at radius 2 is 1.90 bits per heavy atom. The molecular weight excluding hydrogens is 160 g/mol. The van der Waals surface area contributed by atoms with Gasteiger partial charge in [-0.05, 0) is 25.0 Å². The molecule has 0 heterocycles. The molecule has 0 saturated carbocycles. The van der Waals surface area contributed by atoms with E-state index in [0.717, 1.165) is 15.3 Å². The summed E-state index contributed by atoms with van der Waals surface area (Å²) in [5.74, 6) is 0. The van der Waals surface area contributed by atoms with Gasteiger partial charge in [0.25, 0.3) is 0 Å². The quantitative estimate of drug-likeness (QED) is 0.509. The van der Waals surface area contributed by atoms with E-state index in [9.17, 15) is 0 Å². The van der Waals surface area contributed by atoms with Crippen molar-refractivity contribution in [1.29, 1.82) is 0 Å². The van der Waals surface area contributed by atoms with Crippen LogP contribution in [0, 0.1) is 13.8 Å². The Morgan fingerprint density at radius 3 is 2.40 bits per heavy atom. The van der Waals surface area contributed by atoms with Crippen LogP contribution >= 0.6 is 11.6 Å². The molecule has 0 radical (unpaired) electrons. The predicted molar refractivity (Wildman–Crippen MR) is 50.5 cm³/mol. The SMILES string of the molecule is Cc1ccc([SiH3])c(Cl)c1C. The highest BCUT2D eigenvalue weighted by atomic mass is 35.5. The molecule has 0 aromatic heterocycles. The molecule has 0 aliphatic rings. The van der Waals surface area contributed by atoms with Gasteiger partial charge >= 0.3 is 0 Å². The first-order valence-electron chi connectivity index (χ1n) is 3.35. The molecule has 0 unspecified atom stereocenters. The number of aryl methyl sites for hydroxylation is 1. The van der Waals surface area contributed by atoms with Crippen molar-refractivity contribution in [2.45, 2.75) is 13.8 Å². The van der Waals surface area contributed by atoms with Gasteiger partial charge in [0.1, 0.15) is 0 Å². The average Bonchev–Trinajstić information content (AvgIpc) is 1.93. The highest BCUT2D eigenvalue weighted by molar-refractivity contribution is 6.45. The van der Waals surface area contributed by atoms with Crippen LogP contribution in [0.5, 0.6) is 0 Å². The van der Waals surface area contributed by atoms with Crippen LogP contribution in [0.25, 0.3) is 0 Å². The van der Waals surface area contributed by atoms with E-state index in [0.29, 0.717) is 0 Å². The summed E-state index contributed by atoms with van der Waals surface area (Å²) in [4.78, 5) is 0. The van der Waals surface area contributed by atoms with Crippen molar-refractivity contribution in [3.8, 4) is 0 Å². The number of hydrogen-bond acceptors (Lipinski definition) is 0. The summed E-state index contributed by atoms with van der Waals surface area (Å²) in [6, 6.07) is 4.24. The molecule has 1 rings (SSSR count). The van der Waals surface area contributed by atoms with Crippen molar-refractivity contribution in [3.63, 3.8) is 0 Å². The van der Waals surface area contributed by atoms with Crippen LogP contribution < -0.4 is 5.19 Å². The Hall–Kier alpha value is -0.273. The molecule has 1 aromatic rings. The van der Waals surface area contributed by atoms with Gasteiger partial charge in [-0.3, -0.25) is 0 Å². The second-order valence-corrected chi connectivity index (χ2v) is 4.09. The molecule has 10 heavy (non-hydrogen) atoms. The van der Waals surface area contributed by atoms with Gasteiger partial charge in [0, 0.05) is 15.3 Å². The molecule has 0 aliphatic heterocycles. The largest absolute Gasteiger partial charge is 0.0842 e. The Bertz CT molecular complexity index is 229. The Kier molecular flexibility index (Phi) is 2.17. The summed E-state index contributed by atoms with van der Waals surface area (Å²) in [5.41, 5.74) is 2.51. The molecule has 0 bridgehead atoms. The van der Waals surface area contributed by atoms with Crippen LogP contribution in [0.15, 0.2) is 12.1 Å². The van der Waals surface area contributed by atoms with Gasteiger partial charge in [0.2, 0.25) is 0 Å². The van der Waals surface area contributed by atoms with Crippen LogP contribution in [0.4, 0.5) is 0 Å². The van der Waals surface area contributed by atoms with E-state index >= 15 is 0 Å². The smallest absolute Gasteiger partial charge is 0.0420 e. The third-order valence-electron chi connectivity index (χ3n) is 1.85. The van der Waals surface area contributed by atoms with Crippen molar-refractivity contribution < 1.29 is 0 Å². The van der Waals surface area contributed by atoms with Crippen molar-refractivity contribution in [2.24, 2.45) is 0 Å². The lowest BCUT2D eigenvalue weighted by Crippen LogP contribution is -2.05. The monoisotopic (exact) mass is 170 g/mol. The van der Waals surface area contributed by atoms with Crippen molar-refractivity contribution in [3.05, 3.63) is 28.3 Å². The summed E-state index contributed by atoms with van der Waals surface area (Å²) in [6.07, 6.45) is 0. The molecule has 0 aliphatic carbocycles. The molecule has 0 nitrogen and oxygen atoms in total. The molecule has 0 N–H and O–H groups in total. The Morgan fingerprint density at radius 1 is 1.30 bits per heavy atom. The van der Waals surface area contributed by atoms with Gasteiger partial charge in [-0.1, -0.05) is 28.9 Å². The number of halogens is 1. The topological polar surface area (TPSA) is 0 Å². The minimum atomic E-state index is 0.965. The zero-order valence-corrected chi connectivity index (χ0v) is 9.29. The summed E-state index contributed by atoms with van der Waals surface area (Å²) < 4.78 is 0. The van der Waals surface area contributed by atoms with Crippen molar-refractivity contribution in [1.82, 2.24) is 0 Å². The summed E-state index contributed by atoms with van der Waals surface area (Å²) in [6.45, 7) is 4.15. The number of rotatable bonds is 0. The predicted octanol–water partition coefficient (Wildman–Crippen LogP) is 0.948. The minimum Gasteiger partial charge on any atom is -0.0842 e. The number of benzene rings is 1. The molecule has 54 valence electrons. The first-order valence-corrected chi connectivity index (χ1v) is 4.73. The summed E-state index contributed by atoms with van der Waals surface area (Å²) >= 11 is 6.02. The van der Waals surface area contributed by atoms with Gasteiger partial charge in [0.05, 0.1) is 0 Å². The van der Waals surface area contributed by atoms with Crippen LogP contribution in [0.2, 0.25) is 5.02 Å².